The third-order valence-corrected chi connectivity index (χ3v) is 6.47. The van der Waals surface area contributed by atoms with Gasteiger partial charge >= 0.3 is 0 Å². The van der Waals surface area contributed by atoms with Crippen molar-refractivity contribution < 1.29 is 19.2 Å². The van der Waals surface area contributed by atoms with Crippen LogP contribution in [0.4, 0.5) is 11.4 Å². The van der Waals surface area contributed by atoms with Gasteiger partial charge in [0.2, 0.25) is 5.91 Å². The van der Waals surface area contributed by atoms with Crippen LogP contribution in [0.25, 0.3) is 0 Å². The van der Waals surface area contributed by atoms with E-state index >= 15 is 0 Å². The maximum absolute atomic E-state index is 13.6. The number of para-hydroxylation sites is 1. The molecule has 3 aromatic carbocycles. The first kappa shape index (κ1) is 21.0. The largest absolute Gasteiger partial charge is 0.496 e. The van der Waals surface area contributed by atoms with E-state index in [2.05, 4.69) is 15.9 Å². The molecule has 2 fully saturated rings. The standard InChI is InChI=1S/C24H18BrClN2O4/c1-31-19-12-7-14(25)13-18(19)21-20-22(32-28(21)17-5-3-2-4-6-17)24(30)27(23(20)29)16-10-8-15(26)9-11-16/h2-13,20-22H,1H3/t20-,21+,22-/m1/s1. The molecule has 6 nitrogen and oxygen atoms in total. The SMILES string of the molecule is COc1ccc(Br)cc1[C@H]1[C@H]2C(=O)N(c3ccc(Cl)cc3)C(=O)[C@@H]2ON1c1ccccc1. The van der Waals surface area contributed by atoms with E-state index in [4.69, 9.17) is 21.2 Å². The topological polar surface area (TPSA) is 59.1 Å². The Kier molecular flexibility index (Phi) is 5.41. The summed E-state index contributed by atoms with van der Waals surface area (Å²) in [5, 5.41) is 2.17. The predicted molar refractivity (Wildman–Crippen MR) is 125 cm³/mol. The Morgan fingerprint density at radius 1 is 0.938 bits per heavy atom. The number of fused-ring (bicyclic) bond motifs is 1. The molecule has 162 valence electrons. The molecular formula is C24H18BrClN2O4. The number of imide groups is 1. The number of nitrogens with zero attached hydrogens (tertiary/aromatic N) is 2. The van der Waals surface area contributed by atoms with E-state index < -0.39 is 24.0 Å². The van der Waals surface area contributed by atoms with Crippen LogP contribution in [-0.4, -0.2) is 25.0 Å². The monoisotopic (exact) mass is 512 g/mol. The van der Waals surface area contributed by atoms with Crippen LogP contribution >= 0.6 is 27.5 Å². The van der Waals surface area contributed by atoms with E-state index in [9.17, 15) is 9.59 Å². The molecule has 0 radical (unpaired) electrons. The van der Waals surface area contributed by atoms with Crippen molar-refractivity contribution in [3.63, 3.8) is 0 Å². The number of hydroxylamine groups is 1. The maximum atomic E-state index is 13.6. The van der Waals surface area contributed by atoms with E-state index in [1.165, 1.54) is 4.90 Å². The lowest BCUT2D eigenvalue weighted by molar-refractivity contribution is -0.126. The Morgan fingerprint density at radius 2 is 1.66 bits per heavy atom. The van der Waals surface area contributed by atoms with Gasteiger partial charge < -0.3 is 4.74 Å². The maximum Gasteiger partial charge on any atom is 0.266 e. The van der Waals surface area contributed by atoms with Crippen LogP contribution in [0.3, 0.4) is 0 Å². The van der Waals surface area contributed by atoms with Gasteiger partial charge in [-0.1, -0.05) is 45.7 Å². The van der Waals surface area contributed by atoms with Crippen molar-refractivity contribution in [2.24, 2.45) is 5.92 Å². The average Bonchev–Trinajstić information content (AvgIpc) is 3.31. The van der Waals surface area contributed by atoms with Gasteiger partial charge in [-0.05, 0) is 54.6 Å². The molecule has 32 heavy (non-hydrogen) atoms. The first-order valence-corrected chi connectivity index (χ1v) is 11.1. The summed E-state index contributed by atoms with van der Waals surface area (Å²) in [7, 11) is 1.58. The molecule has 0 spiro atoms. The molecular weight excluding hydrogens is 496 g/mol. The van der Waals surface area contributed by atoms with Crippen molar-refractivity contribution in [2.75, 3.05) is 17.1 Å². The molecule has 8 heteroatoms. The highest BCUT2D eigenvalue weighted by Gasteiger charge is 2.60. The fourth-order valence-corrected chi connectivity index (χ4v) is 4.81. The van der Waals surface area contributed by atoms with E-state index in [0.29, 0.717) is 16.5 Å². The van der Waals surface area contributed by atoms with Crippen LogP contribution in [0.1, 0.15) is 11.6 Å². The summed E-state index contributed by atoms with van der Waals surface area (Å²) >= 11 is 9.50. The number of carbonyl (C=O) groups excluding carboxylic acids is 2. The van der Waals surface area contributed by atoms with Gasteiger partial charge in [-0.2, -0.15) is 0 Å². The van der Waals surface area contributed by atoms with E-state index in [-0.39, 0.29) is 5.91 Å². The molecule has 0 N–H and O–H groups in total. The van der Waals surface area contributed by atoms with Crippen LogP contribution < -0.4 is 14.7 Å². The van der Waals surface area contributed by atoms with E-state index in [1.54, 1.807) is 36.4 Å². The second kappa shape index (κ2) is 8.24. The van der Waals surface area contributed by atoms with E-state index in [0.717, 1.165) is 15.7 Å². The molecule has 2 aliphatic heterocycles. The number of hydrogen-bond acceptors (Lipinski definition) is 5. The molecule has 2 aliphatic rings. The number of anilines is 2. The van der Waals surface area contributed by atoms with Crippen molar-refractivity contribution >= 4 is 50.7 Å². The van der Waals surface area contributed by atoms with Crippen LogP contribution in [0.5, 0.6) is 5.75 Å². The highest BCUT2D eigenvalue weighted by atomic mass is 79.9. The Bertz CT molecular complexity index is 1190. The molecule has 0 aliphatic carbocycles. The molecule has 0 aromatic heterocycles. The number of methoxy groups -OCH3 is 1. The zero-order valence-corrected chi connectivity index (χ0v) is 19.3. The fourth-order valence-electron chi connectivity index (χ4n) is 4.31. The van der Waals surface area contributed by atoms with E-state index in [1.807, 2.05) is 48.5 Å². The summed E-state index contributed by atoms with van der Waals surface area (Å²) in [5.41, 5.74) is 1.96. The Hall–Kier alpha value is -2.87. The van der Waals surface area contributed by atoms with Gasteiger partial charge in [0.05, 0.1) is 24.5 Å². The summed E-state index contributed by atoms with van der Waals surface area (Å²) in [4.78, 5) is 34.3. The number of halogens is 2. The van der Waals surface area contributed by atoms with Crippen LogP contribution in [-0.2, 0) is 14.4 Å². The van der Waals surface area contributed by atoms with Gasteiger partial charge in [0, 0.05) is 15.1 Å². The van der Waals surface area contributed by atoms with Crippen molar-refractivity contribution in [3.8, 4) is 5.75 Å². The number of carbonyl (C=O) groups is 2. The lowest BCUT2D eigenvalue weighted by Gasteiger charge is -2.29. The van der Waals surface area contributed by atoms with Gasteiger partial charge in [0.1, 0.15) is 11.7 Å². The molecule has 5 rings (SSSR count). The summed E-state index contributed by atoms with van der Waals surface area (Å²) in [6, 6.07) is 21.1. The van der Waals surface area contributed by atoms with Crippen molar-refractivity contribution in [1.29, 1.82) is 0 Å². The predicted octanol–water partition coefficient (Wildman–Crippen LogP) is 5.16. The minimum atomic E-state index is -0.952. The Morgan fingerprint density at radius 3 is 2.34 bits per heavy atom. The lowest BCUT2D eigenvalue weighted by atomic mass is 9.90. The van der Waals surface area contributed by atoms with Gasteiger partial charge in [-0.15, -0.1) is 0 Å². The molecule has 0 saturated carbocycles. The molecule has 0 bridgehead atoms. The molecule has 3 aromatic rings. The molecule has 3 atom stereocenters. The number of amides is 2. The second-order valence-corrected chi connectivity index (χ2v) is 8.88. The number of rotatable bonds is 4. The quantitative estimate of drug-likeness (QED) is 0.451. The first-order valence-electron chi connectivity index (χ1n) is 9.97. The van der Waals surface area contributed by atoms with Crippen LogP contribution in [0, 0.1) is 5.92 Å². The summed E-state index contributed by atoms with van der Waals surface area (Å²) < 4.78 is 6.43. The second-order valence-electron chi connectivity index (χ2n) is 7.53. The van der Waals surface area contributed by atoms with Gasteiger partial charge in [0.15, 0.2) is 6.10 Å². The molecule has 2 heterocycles. The normalized spacial score (nSPS) is 22.4. The molecule has 2 saturated heterocycles. The highest BCUT2D eigenvalue weighted by Crippen LogP contribution is 2.49. The minimum absolute atomic E-state index is 0.326. The lowest BCUT2D eigenvalue weighted by Crippen LogP contribution is -2.37. The Labute approximate surface area is 198 Å². The summed E-state index contributed by atoms with van der Waals surface area (Å²) in [6.45, 7) is 0. The summed E-state index contributed by atoms with van der Waals surface area (Å²) in [5.74, 6) is -0.873. The minimum Gasteiger partial charge on any atom is -0.496 e. The molecule has 2 amide bonds. The number of ether oxygens (including phenoxy) is 1. The first-order chi connectivity index (χ1) is 15.5. The van der Waals surface area contributed by atoms with Gasteiger partial charge in [-0.25, -0.2) is 9.96 Å². The summed E-state index contributed by atoms with van der Waals surface area (Å²) in [6.07, 6.45) is -0.952. The van der Waals surface area contributed by atoms with Crippen molar-refractivity contribution in [3.05, 3.63) is 87.9 Å². The van der Waals surface area contributed by atoms with Gasteiger partial charge in [0.25, 0.3) is 5.91 Å². The third kappa shape index (κ3) is 3.37. The molecule has 0 unspecified atom stereocenters. The van der Waals surface area contributed by atoms with Crippen molar-refractivity contribution in [2.45, 2.75) is 12.1 Å². The fraction of sp³-hybridized carbons (Fsp3) is 0.167. The van der Waals surface area contributed by atoms with Crippen LogP contribution in [0.15, 0.2) is 77.3 Å². The Balaban J connectivity index is 1.63. The van der Waals surface area contributed by atoms with Crippen LogP contribution in [0.2, 0.25) is 5.02 Å². The number of benzene rings is 3. The van der Waals surface area contributed by atoms with Crippen molar-refractivity contribution in [1.82, 2.24) is 0 Å². The third-order valence-electron chi connectivity index (χ3n) is 5.72. The smallest absolute Gasteiger partial charge is 0.266 e. The zero-order valence-electron chi connectivity index (χ0n) is 16.9. The van der Waals surface area contributed by atoms with Gasteiger partial charge in [-0.3, -0.25) is 14.4 Å². The highest BCUT2D eigenvalue weighted by molar-refractivity contribution is 9.10. The zero-order chi connectivity index (χ0) is 22.4. The average molecular weight is 514 g/mol. The number of hydrogen-bond donors (Lipinski definition) is 0.